The lowest BCUT2D eigenvalue weighted by molar-refractivity contribution is -0.384. The summed E-state index contributed by atoms with van der Waals surface area (Å²) in [6, 6.07) is 4.36. The number of nitrogens with one attached hydrogen (secondary N) is 2. The fraction of sp³-hybridized carbons (Fsp3) is 0.308. The molecule has 10 heteroatoms. The lowest BCUT2D eigenvalue weighted by Gasteiger charge is -2.25. The highest BCUT2D eigenvalue weighted by atomic mass is 32.2. The minimum absolute atomic E-state index is 0.0927. The largest absolute Gasteiger partial charge is 0.480 e. The number of thioether (sulfide) groups is 1. The van der Waals surface area contributed by atoms with E-state index < -0.39 is 34.0 Å². The summed E-state index contributed by atoms with van der Waals surface area (Å²) < 4.78 is 0. The predicted molar refractivity (Wildman–Crippen MR) is 82.2 cm³/mol. The van der Waals surface area contributed by atoms with Gasteiger partial charge in [0.05, 0.1) is 10.2 Å². The molecule has 1 saturated heterocycles. The molecular weight excluding hydrogens is 326 g/mol. The van der Waals surface area contributed by atoms with Gasteiger partial charge in [-0.1, -0.05) is 0 Å². The van der Waals surface area contributed by atoms with Gasteiger partial charge in [-0.3, -0.25) is 19.7 Å². The van der Waals surface area contributed by atoms with Crippen LogP contribution in [0.4, 0.5) is 11.4 Å². The van der Waals surface area contributed by atoms with Gasteiger partial charge in [0.2, 0.25) is 11.8 Å². The molecule has 0 saturated carbocycles. The Labute approximate surface area is 134 Å². The Morgan fingerprint density at radius 2 is 2.04 bits per heavy atom. The molecule has 2 amide bonds. The first-order valence-electron chi connectivity index (χ1n) is 6.56. The number of hydrogen-bond acceptors (Lipinski definition) is 6. The van der Waals surface area contributed by atoms with E-state index in [9.17, 15) is 24.5 Å². The van der Waals surface area contributed by atoms with Crippen molar-refractivity contribution in [1.82, 2.24) is 5.32 Å². The van der Waals surface area contributed by atoms with Crippen LogP contribution >= 0.6 is 11.8 Å². The van der Waals surface area contributed by atoms with Crippen LogP contribution in [-0.2, 0) is 14.4 Å². The third-order valence-corrected chi connectivity index (χ3v) is 4.41. The molecule has 2 rings (SSSR count). The van der Waals surface area contributed by atoms with Gasteiger partial charge < -0.3 is 15.7 Å². The predicted octanol–water partition coefficient (Wildman–Crippen LogP) is 0.608. The van der Waals surface area contributed by atoms with Gasteiger partial charge in [0.15, 0.2) is 0 Å². The number of amides is 2. The number of nitro groups is 1. The van der Waals surface area contributed by atoms with Gasteiger partial charge in [-0.2, -0.15) is 0 Å². The van der Waals surface area contributed by atoms with Gasteiger partial charge in [0, 0.05) is 30.0 Å². The maximum absolute atomic E-state index is 11.9. The summed E-state index contributed by atoms with van der Waals surface area (Å²) in [7, 11) is 0. The summed E-state index contributed by atoms with van der Waals surface area (Å²) >= 11 is 1.11. The van der Waals surface area contributed by atoms with Gasteiger partial charge in [-0.15, -0.1) is 11.8 Å². The SMILES string of the molecule is O=C(CC1SCC(C(=O)O)NC1=O)Nc1ccc([N+](=O)[O-])cc1. The van der Waals surface area contributed by atoms with Crippen LogP contribution in [0.5, 0.6) is 0 Å². The van der Waals surface area contributed by atoms with E-state index in [1.165, 1.54) is 24.3 Å². The van der Waals surface area contributed by atoms with Crippen molar-refractivity contribution in [2.24, 2.45) is 0 Å². The fourth-order valence-electron chi connectivity index (χ4n) is 1.93. The quantitative estimate of drug-likeness (QED) is 0.527. The minimum atomic E-state index is -1.11. The van der Waals surface area contributed by atoms with Crippen LogP contribution < -0.4 is 10.6 Å². The van der Waals surface area contributed by atoms with E-state index in [2.05, 4.69) is 10.6 Å². The van der Waals surface area contributed by atoms with Gasteiger partial charge >= 0.3 is 5.97 Å². The summed E-state index contributed by atoms with van der Waals surface area (Å²) in [4.78, 5) is 44.5. The highest BCUT2D eigenvalue weighted by Crippen LogP contribution is 2.22. The first-order valence-corrected chi connectivity index (χ1v) is 7.61. The van der Waals surface area contributed by atoms with E-state index in [1.807, 2.05) is 0 Å². The Kier molecular flexibility index (Phi) is 5.16. The summed E-state index contributed by atoms with van der Waals surface area (Å²) in [5.74, 6) is -1.84. The second kappa shape index (κ2) is 7.09. The Bertz CT molecular complexity index is 648. The first kappa shape index (κ1) is 16.7. The number of anilines is 1. The molecule has 2 atom stereocenters. The van der Waals surface area contributed by atoms with E-state index in [1.54, 1.807) is 0 Å². The van der Waals surface area contributed by atoms with Crippen molar-refractivity contribution in [2.75, 3.05) is 11.1 Å². The summed E-state index contributed by atoms with van der Waals surface area (Å²) in [6.45, 7) is 0. The molecule has 1 aromatic carbocycles. The van der Waals surface area contributed by atoms with Crippen molar-refractivity contribution >= 4 is 40.9 Å². The Hall–Kier alpha value is -2.62. The number of carbonyl (C=O) groups is 3. The first-order chi connectivity index (χ1) is 10.9. The van der Waals surface area contributed by atoms with Gasteiger partial charge in [-0.25, -0.2) is 4.79 Å². The number of benzene rings is 1. The average Bonchev–Trinajstić information content (AvgIpc) is 2.49. The van der Waals surface area contributed by atoms with Crippen LogP contribution in [0.2, 0.25) is 0 Å². The second-order valence-corrected chi connectivity index (χ2v) is 6.01. The molecule has 0 spiro atoms. The molecule has 0 bridgehead atoms. The molecule has 122 valence electrons. The van der Waals surface area contributed by atoms with Crippen molar-refractivity contribution < 1.29 is 24.4 Å². The van der Waals surface area contributed by atoms with Gasteiger partial charge in [0.1, 0.15) is 6.04 Å². The van der Waals surface area contributed by atoms with Crippen LogP contribution in [0, 0.1) is 10.1 Å². The van der Waals surface area contributed by atoms with Gasteiger partial charge in [0.25, 0.3) is 5.69 Å². The van der Waals surface area contributed by atoms with Crippen molar-refractivity contribution in [1.29, 1.82) is 0 Å². The zero-order valence-corrected chi connectivity index (χ0v) is 12.5. The second-order valence-electron chi connectivity index (χ2n) is 4.78. The van der Waals surface area contributed by atoms with Crippen LogP contribution in [-0.4, -0.2) is 44.9 Å². The number of non-ortho nitro benzene ring substituents is 1. The Morgan fingerprint density at radius 3 is 2.57 bits per heavy atom. The van der Waals surface area contributed by atoms with E-state index in [-0.39, 0.29) is 17.9 Å². The molecule has 1 aliphatic heterocycles. The molecule has 1 aliphatic rings. The molecule has 3 N–H and O–H groups in total. The molecule has 23 heavy (non-hydrogen) atoms. The number of carboxylic acids is 1. The lowest BCUT2D eigenvalue weighted by Crippen LogP contribution is -2.51. The number of aliphatic carboxylic acids is 1. The zero-order valence-electron chi connectivity index (χ0n) is 11.7. The van der Waals surface area contributed by atoms with Crippen molar-refractivity contribution in [3.63, 3.8) is 0 Å². The standard InChI is InChI=1S/C13H13N3O6S/c17-11(14-7-1-3-8(4-2-7)16(21)22)5-10-12(18)15-9(6-23-10)13(19)20/h1-4,9-10H,5-6H2,(H,14,17)(H,15,18)(H,19,20). The van der Waals surface area contributed by atoms with Crippen molar-refractivity contribution in [2.45, 2.75) is 17.7 Å². The monoisotopic (exact) mass is 339 g/mol. The topological polar surface area (TPSA) is 139 Å². The van der Waals surface area contributed by atoms with Crippen LogP contribution in [0.1, 0.15) is 6.42 Å². The summed E-state index contributed by atoms with van der Waals surface area (Å²) in [5, 5.41) is 23.6. The molecule has 9 nitrogen and oxygen atoms in total. The number of rotatable bonds is 5. The molecule has 2 unspecified atom stereocenters. The van der Waals surface area contributed by atoms with Crippen molar-refractivity contribution in [3.8, 4) is 0 Å². The average molecular weight is 339 g/mol. The Balaban J connectivity index is 1.88. The zero-order chi connectivity index (χ0) is 17.0. The van der Waals surface area contributed by atoms with Crippen LogP contribution in [0.15, 0.2) is 24.3 Å². The highest BCUT2D eigenvalue weighted by molar-refractivity contribution is 8.00. The van der Waals surface area contributed by atoms with Crippen LogP contribution in [0.25, 0.3) is 0 Å². The number of carbonyl (C=O) groups excluding carboxylic acids is 2. The minimum Gasteiger partial charge on any atom is -0.480 e. The number of nitro benzene ring substituents is 1. The van der Waals surface area contributed by atoms with Gasteiger partial charge in [-0.05, 0) is 12.1 Å². The molecule has 1 fully saturated rings. The smallest absolute Gasteiger partial charge is 0.327 e. The van der Waals surface area contributed by atoms with Crippen molar-refractivity contribution in [3.05, 3.63) is 34.4 Å². The van der Waals surface area contributed by atoms with E-state index in [4.69, 9.17) is 5.11 Å². The Morgan fingerprint density at radius 1 is 1.39 bits per heavy atom. The lowest BCUT2D eigenvalue weighted by atomic mass is 10.2. The normalized spacial score (nSPS) is 20.4. The number of carboxylic acid groups (broad SMARTS) is 1. The summed E-state index contributed by atoms with van der Waals surface area (Å²) in [5.41, 5.74) is 0.287. The third-order valence-electron chi connectivity index (χ3n) is 3.10. The molecule has 0 radical (unpaired) electrons. The number of hydrogen-bond donors (Lipinski definition) is 3. The third kappa shape index (κ3) is 4.42. The molecular formula is C13H13N3O6S. The summed E-state index contributed by atoms with van der Waals surface area (Å²) in [6.07, 6.45) is -0.111. The maximum atomic E-state index is 11.9. The molecule has 0 aliphatic carbocycles. The van der Waals surface area contributed by atoms with E-state index in [0.717, 1.165) is 11.8 Å². The van der Waals surface area contributed by atoms with E-state index in [0.29, 0.717) is 5.69 Å². The molecule has 1 heterocycles. The van der Waals surface area contributed by atoms with Crippen LogP contribution in [0.3, 0.4) is 0 Å². The maximum Gasteiger partial charge on any atom is 0.327 e. The number of nitrogens with zero attached hydrogens (tertiary/aromatic N) is 1. The van der Waals surface area contributed by atoms with E-state index >= 15 is 0 Å². The molecule has 1 aromatic rings. The fourth-order valence-corrected chi connectivity index (χ4v) is 3.07. The molecule has 0 aromatic heterocycles. The highest BCUT2D eigenvalue weighted by Gasteiger charge is 2.33.